The molecule has 3 aromatic rings. The maximum atomic E-state index is 13.5. The number of nitrogens with zero attached hydrogens (tertiary/aromatic N) is 2. The Labute approximate surface area is 128 Å². The highest BCUT2D eigenvalue weighted by atomic mass is 35.5. The van der Waals surface area contributed by atoms with Crippen molar-refractivity contribution >= 4 is 22.6 Å². The lowest BCUT2D eigenvalue weighted by atomic mass is 10.2. The van der Waals surface area contributed by atoms with Crippen LogP contribution in [0.25, 0.3) is 16.7 Å². The molecule has 4 heteroatoms. The van der Waals surface area contributed by atoms with Gasteiger partial charge in [0.25, 0.3) is 0 Å². The van der Waals surface area contributed by atoms with Crippen molar-refractivity contribution in [2.24, 2.45) is 0 Å². The normalized spacial score (nSPS) is 12.8. The maximum Gasteiger partial charge on any atom is 0.132 e. The molecule has 0 saturated carbocycles. The molecule has 108 valence electrons. The molecule has 3 rings (SSSR count). The summed E-state index contributed by atoms with van der Waals surface area (Å²) in [6, 6.07) is 11.1. The number of rotatable bonds is 2. The van der Waals surface area contributed by atoms with Gasteiger partial charge in [0, 0.05) is 5.69 Å². The minimum absolute atomic E-state index is 0.208. The van der Waals surface area contributed by atoms with Crippen molar-refractivity contribution in [1.82, 2.24) is 9.55 Å². The SMILES string of the molecule is Cc1cc(-n2c(C(C)Cl)nc3c(C)cccc32)ccc1F. The minimum Gasteiger partial charge on any atom is -0.295 e. The number of fused-ring (bicyclic) bond motifs is 1. The lowest BCUT2D eigenvalue weighted by Crippen LogP contribution is -2.02. The Balaban J connectivity index is 2.36. The van der Waals surface area contributed by atoms with Gasteiger partial charge in [0.1, 0.15) is 11.6 Å². The third-order valence-electron chi connectivity index (χ3n) is 3.67. The quantitative estimate of drug-likeness (QED) is 0.604. The number of para-hydroxylation sites is 1. The molecule has 0 aliphatic carbocycles. The Kier molecular flexibility index (Phi) is 3.46. The van der Waals surface area contributed by atoms with Gasteiger partial charge in [-0.25, -0.2) is 9.37 Å². The first kappa shape index (κ1) is 14.1. The van der Waals surface area contributed by atoms with Crippen molar-refractivity contribution in [1.29, 1.82) is 0 Å². The van der Waals surface area contributed by atoms with Gasteiger partial charge in [0.05, 0.1) is 16.4 Å². The van der Waals surface area contributed by atoms with Gasteiger partial charge in [0.2, 0.25) is 0 Å². The molecule has 0 aliphatic rings. The lowest BCUT2D eigenvalue weighted by Gasteiger charge is -2.11. The lowest BCUT2D eigenvalue weighted by molar-refractivity contribution is 0.618. The van der Waals surface area contributed by atoms with Crippen LogP contribution in [0.2, 0.25) is 0 Å². The first-order valence-electron chi connectivity index (χ1n) is 6.87. The van der Waals surface area contributed by atoms with Crippen molar-refractivity contribution in [3.8, 4) is 5.69 Å². The molecule has 0 spiro atoms. The number of aryl methyl sites for hydroxylation is 2. The standard InChI is InChI=1S/C17H16ClFN2/c1-10-5-4-6-15-16(10)20-17(12(3)18)21(15)13-7-8-14(19)11(2)9-13/h4-9,12H,1-3H3. The van der Waals surface area contributed by atoms with E-state index in [4.69, 9.17) is 11.6 Å². The highest BCUT2D eigenvalue weighted by Gasteiger charge is 2.17. The van der Waals surface area contributed by atoms with Crippen LogP contribution in [0.15, 0.2) is 36.4 Å². The summed E-state index contributed by atoms with van der Waals surface area (Å²) in [6.07, 6.45) is 0. The van der Waals surface area contributed by atoms with E-state index in [1.165, 1.54) is 6.07 Å². The molecule has 1 unspecified atom stereocenters. The molecule has 1 heterocycles. The highest BCUT2D eigenvalue weighted by molar-refractivity contribution is 6.20. The molecular formula is C17H16ClFN2. The molecule has 2 nitrogen and oxygen atoms in total. The second kappa shape index (κ2) is 5.15. The van der Waals surface area contributed by atoms with Gasteiger partial charge in [0.15, 0.2) is 0 Å². The summed E-state index contributed by atoms with van der Waals surface area (Å²) in [6.45, 7) is 5.68. The van der Waals surface area contributed by atoms with Gasteiger partial charge < -0.3 is 0 Å². The zero-order chi connectivity index (χ0) is 15.1. The Morgan fingerprint density at radius 1 is 1.14 bits per heavy atom. The van der Waals surface area contributed by atoms with Gasteiger partial charge in [-0.05, 0) is 56.2 Å². The van der Waals surface area contributed by atoms with E-state index in [2.05, 4.69) is 4.98 Å². The largest absolute Gasteiger partial charge is 0.295 e. The van der Waals surface area contributed by atoms with Gasteiger partial charge in [-0.15, -0.1) is 11.6 Å². The number of aromatic nitrogens is 2. The number of benzene rings is 2. The third kappa shape index (κ3) is 2.32. The molecule has 1 atom stereocenters. The Morgan fingerprint density at radius 2 is 1.90 bits per heavy atom. The van der Waals surface area contributed by atoms with Gasteiger partial charge in [-0.1, -0.05) is 12.1 Å². The van der Waals surface area contributed by atoms with E-state index in [-0.39, 0.29) is 11.2 Å². The van der Waals surface area contributed by atoms with Crippen LogP contribution in [0, 0.1) is 19.7 Å². The van der Waals surface area contributed by atoms with Crippen molar-refractivity contribution in [3.05, 3.63) is 59.2 Å². The average Bonchev–Trinajstić information content (AvgIpc) is 2.83. The van der Waals surface area contributed by atoms with Crippen LogP contribution >= 0.6 is 11.6 Å². The minimum atomic E-state index is -0.234. The second-order valence-corrected chi connectivity index (χ2v) is 5.95. The monoisotopic (exact) mass is 302 g/mol. The fourth-order valence-corrected chi connectivity index (χ4v) is 2.71. The van der Waals surface area contributed by atoms with E-state index >= 15 is 0 Å². The molecule has 21 heavy (non-hydrogen) atoms. The topological polar surface area (TPSA) is 17.8 Å². The fourth-order valence-electron chi connectivity index (χ4n) is 2.56. The molecule has 0 saturated heterocycles. The Bertz CT molecular complexity index is 821. The Hall–Kier alpha value is -1.87. The van der Waals surface area contributed by atoms with Gasteiger partial charge >= 0.3 is 0 Å². The van der Waals surface area contributed by atoms with E-state index in [9.17, 15) is 4.39 Å². The average molecular weight is 303 g/mol. The number of imidazole rings is 1. The van der Waals surface area contributed by atoms with Crippen LogP contribution in [0.5, 0.6) is 0 Å². The van der Waals surface area contributed by atoms with Crippen molar-refractivity contribution in [2.45, 2.75) is 26.1 Å². The summed E-state index contributed by atoms with van der Waals surface area (Å²) in [5, 5.41) is -0.234. The molecular weight excluding hydrogens is 287 g/mol. The molecule has 2 aromatic carbocycles. The van der Waals surface area contributed by atoms with Crippen LogP contribution in [-0.2, 0) is 0 Å². The van der Waals surface area contributed by atoms with Crippen LogP contribution in [-0.4, -0.2) is 9.55 Å². The van der Waals surface area contributed by atoms with Crippen molar-refractivity contribution in [2.75, 3.05) is 0 Å². The summed E-state index contributed by atoms with van der Waals surface area (Å²) in [4.78, 5) is 4.68. The van der Waals surface area contributed by atoms with Crippen molar-refractivity contribution in [3.63, 3.8) is 0 Å². The predicted molar refractivity (Wildman–Crippen MR) is 84.8 cm³/mol. The van der Waals surface area contributed by atoms with E-state index in [0.717, 1.165) is 28.1 Å². The molecule has 0 fully saturated rings. The van der Waals surface area contributed by atoms with E-state index in [1.54, 1.807) is 13.0 Å². The number of hydrogen-bond donors (Lipinski definition) is 0. The summed E-state index contributed by atoms with van der Waals surface area (Å²) in [5.74, 6) is 0.562. The van der Waals surface area contributed by atoms with E-state index in [1.807, 2.05) is 42.7 Å². The third-order valence-corrected chi connectivity index (χ3v) is 3.86. The first-order valence-corrected chi connectivity index (χ1v) is 7.31. The summed E-state index contributed by atoms with van der Waals surface area (Å²) < 4.78 is 15.5. The second-order valence-electron chi connectivity index (χ2n) is 5.30. The van der Waals surface area contributed by atoms with Gasteiger partial charge in [-0.3, -0.25) is 4.57 Å². The van der Waals surface area contributed by atoms with Gasteiger partial charge in [-0.2, -0.15) is 0 Å². The van der Waals surface area contributed by atoms with Crippen LogP contribution < -0.4 is 0 Å². The molecule has 0 radical (unpaired) electrons. The smallest absolute Gasteiger partial charge is 0.132 e. The fraction of sp³-hybridized carbons (Fsp3) is 0.235. The summed E-state index contributed by atoms with van der Waals surface area (Å²) >= 11 is 6.30. The van der Waals surface area contributed by atoms with Crippen LogP contribution in [0.4, 0.5) is 4.39 Å². The summed E-state index contributed by atoms with van der Waals surface area (Å²) in [7, 11) is 0. The van der Waals surface area contributed by atoms with E-state index in [0.29, 0.717) is 5.56 Å². The molecule has 1 aromatic heterocycles. The molecule has 0 N–H and O–H groups in total. The molecule has 0 aliphatic heterocycles. The zero-order valence-corrected chi connectivity index (χ0v) is 12.9. The number of halogens is 2. The van der Waals surface area contributed by atoms with E-state index < -0.39 is 0 Å². The van der Waals surface area contributed by atoms with Crippen molar-refractivity contribution < 1.29 is 4.39 Å². The molecule has 0 amide bonds. The Morgan fingerprint density at radius 3 is 2.57 bits per heavy atom. The molecule has 0 bridgehead atoms. The number of alkyl halides is 1. The van der Waals surface area contributed by atoms with Crippen LogP contribution in [0.3, 0.4) is 0 Å². The van der Waals surface area contributed by atoms with Crippen LogP contribution in [0.1, 0.15) is 29.3 Å². The number of hydrogen-bond acceptors (Lipinski definition) is 1. The zero-order valence-electron chi connectivity index (χ0n) is 12.2. The maximum absolute atomic E-state index is 13.5. The predicted octanol–water partition coefficient (Wildman–Crippen LogP) is 5.08. The highest BCUT2D eigenvalue weighted by Crippen LogP contribution is 2.30. The summed E-state index contributed by atoms with van der Waals surface area (Å²) in [5.41, 5.74) is 4.51. The first-order chi connectivity index (χ1) is 9.99.